The lowest BCUT2D eigenvalue weighted by atomic mass is 9.82. The number of nitrogens with one attached hydrogen (secondary N) is 1. The largest absolute Gasteiger partial charge is 0.464 e. The highest BCUT2D eigenvalue weighted by atomic mass is 16.7. The first-order chi connectivity index (χ1) is 16.0. The molecule has 3 unspecified atom stereocenters. The average molecular weight is 450 g/mol. The second-order valence-corrected chi connectivity index (χ2v) is 10.8. The van der Waals surface area contributed by atoms with E-state index in [4.69, 9.17) is 9.47 Å². The van der Waals surface area contributed by atoms with Crippen LogP contribution in [-0.2, 0) is 4.74 Å². The van der Waals surface area contributed by atoms with E-state index in [2.05, 4.69) is 81.5 Å². The first-order valence-corrected chi connectivity index (χ1v) is 13.3. The van der Waals surface area contributed by atoms with E-state index in [0.717, 1.165) is 31.6 Å². The van der Waals surface area contributed by atoms with Gasteiger partial charge in [0.1, 0.15) is 5.75 Å². The molecule has 0 aromatic heterocycles. The lowest BCUT2D eigenvalue weighted by Gasteiger charge is -2.36. The SMILES string of the molecule is CC(C)CC(c1ccc(OC(OC2CCCCC2)C2CCNc3ccccc32)cc1)C(C)C. The van der Waals surface area contributed by atoms with Crippen LogP contribution in [0.2, 0.25) is 0 Å². The van der Waals surface area contributed by atoms with E-state index in [0.29, 0.717) is 23.9 Å². The molecule has 3 nitrogen and oxygen atoms in total. The fourth-order valence-electron chi connectivity index (χ4n) is 5.61. The van der Waals surface area contributed by atoms with Crippen molar-refractivity contribution in [2.45, 2.75) is 96.9 Å². The Kier molecular flexibility index (Phi) is 8.35. The smallest absolute Gasteiger partial charge is 0.207 e. The number of hydrogen-bond donors (Lipinski definition) is 1. The molecule has 1 N–H and O–H groups in total. The molecular formula is C30H43NO2. The Labute approximate surface area is 201 Å². The second-order valence-electron chi connectivity index (χ2n) is 10.8. The Morgan fingerprint density at radius 3 is 2.30 bits per heavy atom. The summed E-state index contributed by atoms with van der Waals surface area (Å²) in [7, 11) is 0. The molecule has 0 bridgehead atoms. The van der Waals surface area contributed by atoms with Crippen molar-refractivity contribution >= 4 is 5.69 Å². The fourth-order valence-corrected chi connectivity index (χ4v) is 5.61. The van der Waals surface area contributed by atoms with Crippen molar-refractivity contribution in [2.24, 2.45) is 11.8 Å². The monoisotopic (exact) mass is 449 g/mol. The molecule has 0 saturated heterocycles. The van der Waals surface area contributed by atoms with Crippen LogP contribution in [0.3, 0.4) is 0 Å². The molecule has 2 aliphatic rings. The van der Waals surface area contributed by atoms with Crippen molar-refractivity contribution in [3.63, 3.8) is 0 Å². The molecule has 0 spiro atoms. The molecule has 1 aliphatic heterocycles. The lowest BCUT2D eigenvalue weighted by molar-refractivity contribution is -0.142. The molecule has 180 valence electrons. The maximum atomic E-state index is 6.71. The summed E-state index contributed by atoms with van der Waals surface area (Å²) in [5, 5.41) is 3.55. The van der Waals surface area contributed by atoms with Crippen molar-refractivity contribution in [1.29, 1.82) is 0 Å². The maximum absolute atomic E-state index is 6.71. The summed E-state index contributed by atoms with van der Waals surface area (Å²) in [5.74, 6) is 3.08. The third-order valence-corrected chi connectivity index (χ3v) is 7.43. The van der Waals surface area contributed by atoms with Gasteiger partial charge in [-0.25, -0.2) is 0 Å². The standard InChI is InChI=1S/C30H43NO2/c1-21(2)20-28(22(3)4)23-14-16-25(17-15-23)33-30(32-24-10-6-5-7-11-24)27-18-19-31-29-13-9-8-12-26(27)29/h8-9,12-17,21-22,24,27-28,30-31H,5-7,10-11,18-20H2,1-4H3. The van der Waals surface area contributed by atoms with E-state index in [1.807, 2.05) is 0 Å². The maximum Gasteiger partial charge on any atom is 0.207 e. The van der Waals surface area contributed by atoms with Crippen molar-refractivity contribution in [2.75, 3.05) is 11.9 Å². The molecule has 2 aromatic rings. The van der Waals surface area contributed by atoms with Gasteiger partial charge in [0.25, 0.3) is 0 Å². The van der Waals surface area contributed by atoms with Gasteiger partial charge in [-0.1, -0.05) is 77.3 Å². The van der Waals surface area contributed by atoms with Gasteiger partial charge in [-0.15, -0.1) is 0 Å². The first-order valence-electron chi connectivity index (χ1n) is 13.3. The van der Waals surface area contributed by atoms with Crippen molar-refractivity contribution in [3.05, 3.63) is 59.7 Å². The lowest BCUT2D eigenvalue weighted by Crippen LogP contribution is -2.36. The van der Waals surface area contributed by atoms with Gasteiger partial charge >= 0.3 is 0 Å². The summed E-state index contributed by atoms with van der Waals surface area (Å²) in [6.07, 6.45) is 8.46. The van der Waals surface area contributed by atoms with Crippen LogP contribution >= 0.6 is 0 Å². The van der Waals surface area contributed by atoms with Gasteiger partial charge in [-0.3, -0.25) is 0 Å². The first kappa shape index (κ1) is 24.1. The summed E-state index contributed by atoms with van der Waals surface area (Å²) in [4.78, 5) is 0. The molecule has 4 rings (SSSR count). The van der Waals surface area contributed by atoms with E-state index >= 15 is 0 Å². The number of hydrogen-bond acceptors (Lipinski definition) is 3. The van der Waals surface area contributed by atoms with E-state index in [1.165, 1.54) is 42.5 Å². The second kappa shape index (κ2) is 11.4. The minimum absolute atomic E-state index is 0.244. The highest BCUT2D eigenvalue weighted by molar-refractivity contribution is 5.55. The zero-order valence-electron chi connectivity index (χ0n) is 21.1. The molecule has 1 heterocycles. The minimum Gasteiger partial charge on any atom is -0.464 e. The Hall–Kier alpha value is -2.00. The Bertz CT molecular complexity index is 854. The summed E-state index contributed by atoms with van der Waals surface area (Å²) in [5.41, 5.74) is 3.96. The van der Waals surface area contributed by atoms with E-state index in [9.17, 15) is 0 Å². The highest BCUT2D eigenvalue weighted by Crippen LogP contribution is 2.38. The van der Waals surface area contributed by atoms with Crippen LogP contribution in [0.4, 0.5) is 5.69 Å². The van der Waals surface area contributed by atoms with Crippen LogP contribution in [-0.4, -0.2) is 18.9 Å². The van der Waals surface area contributed by atoms with Crippen LogP contribution in [0, 0.1) is 11.8 Å². The summed E-state index contributed by atoms with van der Waals surface area (Å²) in [6, 6.07) is 17.5. The van der Waals surface area contributed by atoms with Crippen LogP contribution in [0.15, 0.2) is 48.5 Å². The zero-order chi connectivity index (χ0) is 23.2. The summed E-state index contributed by atoms with van der Waals surface area (Å²) >= 11 is 0. The van der Waals surface area contributed by atoms with Gasteiger partial charge in [-0.05, 0) is 72.8 Å². The van der Waals surface area contributed by atoms with Crippen molar-refractivity contribution < 1.29 is 9.47 Å². The van der Waals surface area contributed by atoms with Gasteiger partial charge in [0, 0.05) is 12.2 Å². The molecule has 3 atom stereocenters. The van der Waals surface area contributed by atoms with Gasteiger partial charge in [-0.2, -0.15) is 0 Å². The number of anilines is 1. The quantitative estimate of drug-likeness (QED) is 0.392. The number of rotatable bonds is 9. The number of para-hydroxylation sites is 1. The Balaban J connectivity index is 1.54. The third-order valence-electron chi connectivity index (χ3n) is 7.43. The third kappa shape index (κ3) is 6.32. The number of fused-ring (bicyclic) bond motifs is 1. The topological polar surface area (TPSA) is 30.5 Å². The van der Waals surface area contributed by atoms with E-state index < -0.39 is 0 Å². The van der Waals surface area contributed by atoms with Crippen LogP contribution < -0.4 is 10.1 Å². The predicted molar refractivity (Wildman–Crippen MR) is 138 cm³/mol. The summed E-state index contributed by atoms with van der Waals surface area (Å²) < 4.78 is 13.4. The summed E-state index contributed by atoms with van der Waals surface area (Å²) in [6.45, 7) is 10.3. The molecule has 3 heteroatoms. The highest BCUT2D eigenvalue weighted by Gasteiger charge is 2.32. The molecule has 1 saturated carbocycles. The molecule has 0 amide bonds. The number of ether oxygens (including phenoxy) is 2. The Morgan fingerprint density at radius 1 is 0.879 bits per heavy atom. The number of benzene rings is 2. The van der Waals surface area contributed by atoms with Crippen LogP contribution in [0.1, 0.15) is 95.6 Å². The Morgan fingerprint density at radius 2 is 1.61 bits per heavy atom. The normalized spacial score (nSPS) is 20.8. The average Bonchev–Trinajstić information content (AvgIpc) is 2.83. The van der Waals surface area contributed by atoms with Crippen LogP contribution in [0.25, 0.3) is 0 Å². The minimum atomic E-state index is -0.251. The van der Waals surface area contributed by atoms with Crippen LogP contribution in [0.5, 0.6) is 5.75 Å². The van der Waals surface area contributed by atoms with Gasteiger partial charge in [0.15, 0.2) is 0 Å². The van der Waals surface area contributed by atoms with Gasteiger partial charge in [0.05, 0.1) is 12.0 Å². The molecule has 0 radical (unpaired) electrons. The predicted octanol–water partition coefficient (Wildman–Crippen LogP) is 8.13. The zero-order valence-corrected chi connectivity index (χ0v) is 21.1. The molecular weight excluding hydrogens is 406 g/mol. The molecule has 2 aromatic carbocycles. The molecule has 33 heavy (non-hydrogen) atoms. The molecule has 1 aliphatic carbocycles. The van der Waals surface area contributed by atoms with Gasteiger partial charge < -0.3 is 14.8 Å². The fraction of sp³-hybridized carbons (Fsp3) is 0.600. The van der Waals surface area contributed by atoms with Crippen molar-refractivity contribution in [3.8, 4) is 5.75 Å². The molecule has 1 fully saturated rings. The van der Waals surface area contributed by atoms with Gasteiger partial charge in [0.2, 0.25) is 6.29 Å². The van der Waals surface area contributed by atoms with E-state index in [-0.39, 0.29) is 12.2 Å². The van der Waals surface area contributed by atoms with E-state index in [1.54, 1.807) is 0 Å². The van der Waals surface area contributed by atoms with Crippen molar-refractivity contribution in [1.82, 2.24) is 0 Å².